The molecule has 0 aromatic carbocycles. The first-order valence-corrected chi connectivity index (χ1v) is 4.46. The van der Waals surface area contributed by atoms with Crippen molar-refractivity contribution in [1.29, 1.82) is 0 Å². The van der Waals surface area contributed by atoms with Gasteiger partial charge in [0.15, 0.2) is 0 Å². The highest BCUT2D eigenvalue weighted by Gasteiger charge is 2.02. The van der Waals surface area contributed by atoms with Crippen molar-refractivity contribution in [2.75, 3.05) is 0 Å². The number of hydrogen-bond donors (Lipinski definition) is 0. The lowest BCUT2D eigenvalue weighted by Crippen LogP contribution is -1.79. The van der Waals surface area contributed by atoms with Crippen molar-refractivity contribution in [2.45, 2.75) is 6.54 Å². The van der Waals surface area contributed by atoms with E-state index in [1.54, 1.807) is 6.20 Å². The van der Waals surface area contributed by atoms with Gasteiger partial charge in [-0.05, 0) is 16.5 Å². The maximum atomic E-state index is 8.17. The van der Waals surface area contributed by atoms with Gasteiger partial charge in [0, 0.05) is 16.5 Å². The summed E-state index contributed by atoms with van der Waals surface area (Å²) in [6, 6.07) is 0. The van der Waals surface area contributed by atoms with E-state index < -0.39 is 0 Å². The van der Waals surface area contributed by atoms with Crippen LogP contribution in [0.15, 0.2) is 23.0 Å². The Morgan fingerprint density at radius 1 is 1.62 bits per heavy atom. The van der Waals surface area contributed by atoms with E-state index >= 15 is 0 Å². The molecule has 0 N–H and O–H groups in total. The summed E-state index contributed by atoms with van der Waals surface area (Å²) in [7, 11) is 0. The minimum atomic E-state index is 0.365. The molecular formula is C7H5N5S. The molecule has 0 spiro atoms. The van der Waals surface area contributed by atoms with Gasteiger partial charge in [-0.15, -0.1) is 11.3 Å². The molecule has 0 aliphatic heterocycles. The summed E-state index contributed by atoms with van der Waals surface area (Å²) < 4.78 is 0. The summed E-state index contributed by atoms with van der Waals surface area (Å²) in [5.74, 6) is 0. The third kappa shape index (κ3) is 1.44. The highest BCUT2D eigenvalue weighted by molar-refractivity contribution is 7.16. The fourth-order valence-corrected chi connectivity index (χ4v) is 1.93. The third-order valence-corrected chi connectivity index (χ3v) is 2.59. The van der Waals surface area contributed by atoms with Crippen LogP contribution in [0.25, 0.3) is 20.7 Å². The number of thiophene rings is 1. The number of nitrogens with zero attached hydrogens (tertiary/aromatic N) is 5. The molecule has 0 saturated carbocycles. The zero-order chi connectivity index (χ0) is 9.10. The van der Waals surface area contributed by atoms with Crippen LogP contribution in [-0.2, 0) is 6.54 Å². The molecule has 0 fully saturated rings. The molecule has 64 valence electrons. The fraction of sp³-hybridized carbons (Fsp3) is 0.143. The van der Waals surface area contributed by atoms with Gasteiger partial charge in [-0.25, -0.2) is 9.97 Å². The minimum absolute atomic E-state index is 0.365. The van der Waals surface area contributed by atoms with Gasteiger partial charge in [0.2, 0.25) is 0 Å². The van der Waals surface area contributed by atoms with E-state index in [9.17, 15) is 0 Å². The van der Waals surface area contributed by atoms with Gasteiger partial charge in [0.1, 0.15) is 11.2 Å². The molecule has 2 aromatic heterocycles. The summed E-state index contributed by atoms with van der Waals surface area (Å²) in [6.07, 6.45) is 3.25. The quantitative estimate of drug-likeness (QED) is 0.415. The number of fused-ring (bicyclic) bond motifs is 1. The van der Waals surface area contributed by atoms with Crippen LogP contribution >= 0.6 is 11.3 Å². The van der Waals surface area contributed by atoms with E-state index in [-0.39, 0.29) is 0 Å². The molecule has 0 bridgehead atoms. The Bertz CT molecular complexity index is 470. The Balaban J connectivity index is 2.51. The second-order valence-electron chi connectivity index (χ2n) is 2.39. The first-order valence-electron chi connectivity index (χ1n) is 3.59. The molecule has 0 atom stereocenters. The van der Waals surface area contributed by atoms with Gasteiger partial charge in [-0.2, -0.15) is 0 Å². The normalized spacial score (nSPS) is 9.85. The van der Waals surface area contributed by atoms with E-state index in [0.717, 1.165) is 15.8 Å². The second-order valence-corrected chi connectivity index (χ2v) is 3.25. The lowest BCUT2D eigenvalue weighted by Gasteiger charge is -1.89. The zero-order valence-electron chi connectivity index (χ0n) is 6.58. The molecule has 0 unspecified atom stereocenters. The molecule has 0 radical (unpaired) electrons. The van der Waals surface area contributed by atoms with Crippen molar-refractivity contribution < 1.29 is 0 Å². The van der Waals surface area contributed by atoms with Crippen molar-refractivity contribution in [3.63, 3.8) is 0 Å². The second kappa shape index (κ2) is 3.38. The van der Waals surface area contributed by atoms with Gasteiger partial charge < -0.3 is 0 Å². The Kier molecular flexibility index (Phi) is 2.08. The summed E-state index contributed by atoms with van der Waals surface area (Å²) >= 11 is 1.53. The van der Waals surface area contributed by atoms with Gasteiger partial charge in [-0.3, -0.25) is 0 Å². The molecule has 2 aromatic rings. The molecule has 0 aliphatic carbocycles. The molecule has 13 heavy (non-hydrogen) atoms. The smallest absolute Gasteiger partial charge is 0.126 e. The highest BCUT2D eigenvalue weighted by Crippen LogP contribution is 2.23. The zero-order valence-corrected chi connectivity index (χ0v) is 7.40. The van der Waals surface area contributed by atoms with E-state index in [1.165, 1.54) is 17.7 Å². The maximum absolute atomic E-state index is 8.17. The number of hydrogen-bond acceptors (Lipinski definition) is 4. The van der Waals surface area contributed by atoms with Gasteiger partial charge in [-0.1, -0.05) is 5.11 Å². The number of aromatic nitrogens is 2. The van der Waals surface area contributed by atoms with Crippen LogP contribution in [0, 0.1) is 0 Å². The summed E-state index contributed by atoms with van der Waals surface area (Å²) in [5, 5.41) is 6.41. The lowest BCUT2D eigenvalue weighted by atomic mass is 10.2. The van der Waals surface area contributed by atoms with E-state index in [2.05, 4.69) is 20.0 Å². The molecule has 5 nitrogen and oxygen atoms in total. The first kappa shape index (κ1) is 7.97. The van der Waals surface area contributed by atoms with Crippen molar-refractivity contribution in [2.24, 2.45) is 5.11 Å². The SMILES string of the molecule is [N-]=[N+]=NCc1csc2ncncc12. The Hall–Kier alpha value is -1.65. The van der Waals surface area contributed by atoms with Crippen LogP contribution in [-0.4, -0.2) is 9.97 Å². The van der Waals surface area contributed by atoms with Crippen LogP contribution in [0.4, 0.5) is 0 Å². The average molecular weight is 191 g/mol. The van der Waals surface area contributed by atoms with Crippen LogP contribution in [0.3, 0.4) is 0 Å². The molecule has 0 aliphatic rings. The minimum Gasteiger partial charge on any atom is -0.244 e. The number of rotatable bonds is 2. The molecule has 2 heterocycles. The third-order valence-electron chi connectivity index (χ3n) is 1.64. The Morgan fingerprint density at radius 3 is 3.38 bits per heavy atom. The lowest BCUT2D eigenvalue weighted by molar-refractivity contribution is 1.06. The first-order chi connectivity index (χ1) is 6.42. The van der Waals surface area contributed by atoms with E-state index in [4.69, 9.17) is 5.53 Å². The monoisotopic (exact) mass is 191 g/mol. The molecule has 0 amide bonds. The van der Waals surface area contributed by atoms with Crippen LogP contribution < -0.4 is 0 Å². The van der Waals surface area contributed by atoms with Crippen molar-refractivity contribution in [1.82, 2.24) is 9.97 Å². The van der Waals surface area contributed by atoms with Gasteiger partial charge in [0.05, 0.1) is 6.54 Å². The average Bonchev–Trinajstić information content (AvgIpc) is 2.58. The van der Waals surface area contributed by atoms with E-state index in [0.29, 0.717) is 6.54 Å². The molecular weight excluding hydrogens is 186 g/mol. The maximum Gasteiger partial charge on any atom is 0.126 e. The number of azide groups is 1. The van der Waals surface area contributed by atoms with Gasteiger partial charge in [0.25, 0.3) is 0 Å². The molecule has 2 rings (SSSR count). The topological polar surface area (TPSA) is 74.5 Å². The fourth-order valence-electron chi connectivity index (χ4n) is 1.05. The standard InChI is InChI=1S/C7H5N5S/c8-12-11-1-5-3-13-7-6(5)2-9-4-10-7/h2-4H,1H2. The van der Waals surface area contributed by atoms with Crippen LogP contribution in [0.2, 0.25) is 0 Å². The van der Waals surface area contributed by atoms with Crippen molar-refractivity contribution in [3.05, 3.63) is 33.9 Å². The highest BCUT2D eigenvalue weighted by atomic mass is 32.1. The molecule has 0 saturated heterocycles. The predicted octanol–water partition coefficient (Wildman–Crippen LogP) is 2.50. The predicted molar refractivity (Wildman–Crippen MR) is 50.3 cm³/mol. The van der Waals surface area contributed by atoms with Crippen molar-refractivity contribution >= 4 is 21.6 Å². The summed E-state index contributed by atoms with van der Waals surface area (Å²) in [5.41, 5.74) is 9.15. The summed E-state index contributed by atoms with van der Waals surface area (Å²) in [4.78, 5) is 11.6. The van der Waals surface area contributed by atoms with Gasteiger partial charge >= 0.3 is 0 Å². The van der Waals surface area contributed by atoms with Crippen LogP contribution in [0.5, 0.6) is 0 Å². The van der Waals surface area contributed by atoms with Crippen LogP contribution in [0.1, 0.15) is 5.56 Å². The Morgan fingerprint density at radius 2 is 2.54 bits per heavy atom. The largest absolute Gasteiger partial charge is 0.244 e. The Labute approximate surface area is 77.7 Å². The van der Waals surface area contributed by atoms with E-state index in [1.807, 2.05) is 5.38 Å². The molecule has 6 heteroatoms. The summed E-state index contributed by atoms with van der Waals surface area (Å²) in [6.45, 7) is 0.365. The van der Waals surface area contributed by atoms with Crippen molar-refractivity contribution in [3.8, 4) is 0 Å².